The average Bonchev–Trinajstić information content (AvgIpc) is 2.81. The van der Waals surface area contributed by atoms with Crippen LogP contribution in [0.25, 0.3) is 0 Å². The molecule has 0 spiro atoms. The van der Waals surface area contributed by atoms with Crippen LogP contribution in [0.4, 0.5) is 0 Å². The number of halogens is 2. The molecule has 5 heteroatoms. The third-order valence-electron chi connectivity index (χ3n) is 3.28. The first kappa shape index (κ1) is 16.1. The number of nitrogens with one attached hydrogen (secondary N) is 1. The molecule has 1 unspecified atom stereocenters. The number of carbonyl (C=O) groups is 1. The second-order valence-electron chi connectivity index (χ2n) is 4.98. The first-order valence-corrected chi connectivity index (χ1v) is 8.10. The van der Waals surface area contributed by atoms with Crippen molar-refractivity contribution in [2.24, 2.45) is 0 Å². The summed E-state index contributed by atoms with van der Waals surface area (Å²) >= 11 is 9.42. The fourth-order valence-corrected chi connectivity index (χ4v) is 2.68. The van der Waals surface area contributed by atoms with Gasteiger partial charge in [-0.3, -0.25) is 4.79 Å². The Bertz CT molecular complexity index is 622. The van der Waals surface area contributed by atoms with Gasteiger partial charge in [-0.2, -0.15) is 0 Å². The number of benzene rings is 1. The van der Waals surface area contributed by atoms with Crippen molar-refractivity contribution in [3.05, 3.63) is 57.3 Å². The van der Waals surface area contributed by atoms with Crippen LogP contribution in [0.3, 0.4) is 0 Å². The first-order chi connectivity index (χ1) is 10.0. The van der Waals surface area contributed by atoms with E-state index >= 15 is 0 Å². The van der Waals surface area contributed by atoms with Crippen molar-refractivity contribution in [2.45, 2.75) is 32.9 Å². The van der Waals surface area contributed by atoms with Gasteiger partial charge in [0.25, 0.3) is 5.91 Å². The van der Waals surface area contributed by atoms with Crippen LogP contribution in [0.5, 0.6) is 0 Å². The van der Waals surface area contributed by atoms with Gasteiger partial charge in [0, 0.05) is 17.2 Å². The number of rotatable bonds is 5. The minimum Gasteiger partial charge on any atom is -0.344 e. The fraction of sp³-hybridized carbons (Fsp3) is 0.312. The van der Waals surface area contributed by atoms with E-state index in [0.29, 0.717) is 10.7 Å². The van der Waals surface area contributed by atoms with Crippen molar-refractivity contribution in [3.8, 4) is 0 Å². The lowest BCUT2D eigenvalue weighted by atomic mass is 10.1. The van der Waals surface area contributed by atoms with E-state index in [1.165, 1.54) is 0 Å². The first-order valence-electron chi connectivity index (χ1n) is 6.93. The van der Waals surface area contributed by atoms with Crippen molar-refractivity contribution < 1.29 is 4.79 Å². The van der Waals surface area contributed by atoms with E-state index in [1.807, 2.05) is 35.8 Å². The maximum absolute atomic E-state index is 12.4. The molecule has 0 saturated carbocycles. The zero-order valence-electron chi connectivity index (χ0n) is 12.1. The highest BCUT2D eigenvalue weighted by Crippen LogP contribution is 2.19. The highest BCUT2D eigenvalue weighted by Gasteiger charge is 2.16. The predicted molar refractivity (Wildman–Crippen MR) is 89.8 cm³/mol. The van der Waals surface area contributed by atoms with Crippen LogP contribution in [0.15, 0.2) is 41.0 Å². The summed E-state index contributed by atoms with van der Waals surface area (Å²) in [6, 6.07) is 9.57. The molecule has 21 heavy (non-hydrogen) atoms. The summed E-state index contributed by atoms with van der Waals surface area (Å²) in [5, 5.41) is 3.60. The molecule has 2 aromatic rings. The van der Waals surface area contributed by atoms with E-state index in [4.69, 9.17) is 11.6 Å². The number of nitrogens with zero attached hydrogens (tertiary/aromatic N) is 1. The summed E-state index contributed by atoms with van der Waals surface area (Å²) in [6.07, 6.45) is 2.75. The fourth-order valence-electron chi connectivity index (χ4n) is 2.20. The molecule has 0 saturated heterocycles. The molecule has 0 radical (unpaired) electrons. The Morgan fingerprint density at radius 2 is 2.05 bits per heavy atom. The lowest BCUT2D eigenvalue weighted by Gasteiger charge is -2.15. The molecule has 0 aliphatic heterocycles. The van der Waals surface area contributed by atoms with Crippen LogP contribution < -0.4 is 5.32 Å². The van der Waals surface area contributed by atoms with Crippen LogP contribution in [0, 0.1) is 0 Å². The molecule has 2 rings (SSSR count). The molecule has 0 fully saturated rings. The number of carbonyl (C=O) groups excluding carboxylic acids is 1. The minimum absolute atomic E-state index is 0.0608. The molecule has 0 aliphatic rings. The van der Waals surface area contributed by atoms with Gasteiger partial charge < -0.3 is 9.88 Å². The van der Waals surface area contributed by atoms with Gasteiger partial charge in [-0.15, -0.1) is 0 Å². The molecule has 1 heterocycles. The van der Waals surface area contributed by atoms with Crippen molar-refractivity contribution >= 4 is 33.4 Å². The molecule has 3 nitrogen and oxygen atoms in total. The van der Waals surface area contributed by atoms with Gasteiger partial charge in [0.2, 0.25) is 0 Å². The number of amides is 1. The molecule has 1 aromatic heterocycles. The predicted octanol–water partition coefficient (Wildman–Crippen LogP) is 4.81. The SMILES string of the molecule is CCCn1cc(Cl)cc1C(=O)NC(C)c1ccc(Br)cc1. The Labute approximate surface area is 138 Å². The monoisotopic (exact) mass is 368 g/mol. The molecule has 0 bridgehead atoms. The third kappa shape index (κ3) is 4.11. The largest absolute Gasteiger partial charge is 0.344 e. The summed E-state index contributed by atoms with van der Waals surface area (Å²) in [4.78, 5) is 12.4. The molecule has 112 valence electrons. The lowest BCUT2D eigenvalue weighted by molar-refractivity contribution is 0.0930. The Morgan fingerprint density at radius 1 is 1.38 bits per heavy atom. The standard InChI is InChI=1S/C16H18BrClN2O/c1-3-8-20-10-14(18)9-15(20)16(21)19-11(2)12-4-6-13(17)7-5-12/h4-7,9-11H,3,8H2,1-2H3,(H,19,21). The summed E-state index contributed by atoms with van der Waals surface area (Å²) in [6.45, 7) is 4.82. The molecule has 0 aliphatic carbocycles. The number of hydrogen-bond acceptors (Lipinski definition) is 1. The highest BCUT2D eigenvalue weighted by atomic mass is 79.9. The van der Waals surface area contributed by atoms with Gasteiger partial charge >= 0.3 is 0 Å². The highest BCUT2D eigenvalue weighted by molar-refractivity contribution is 9.10. The van der Waals surface area contributed by atoms with Gasteiger partial charge in [0.1, 0.15) is 5.69 Å². The maximum atomic E-state index is 12.4. The third-order valence-corrected chi connectivity index (χ3v) is 4.01. The smallest absolute Gasteiger partial charge is 0.268 e. The second kappa shape index (κ2) is 7.14. The van der Waals surface area contributed by atoms with Crippen molar-refractivity contribution in [3.63, 3.8) is 0 Å². The van der Waals surface area contributed by atoms with E-state index in [1.54, 1.807) is 12.3 Å². The summed E-state index contributed by atoms with van der Waals surface area (Å²) in [7, 11) is 0. The lowest BCUT2D eigenvalue weighted by Crippen LogP contribution is -2.28. The van der Waals surface area contributed by atoms with Crippen LogP contribution >= 0.6 is 27.5 Å². The summed E-state index contributed by atoms with van der Waals surface area (Å²) < 4.78 is 2.92. The van der Waals surface area contributed by atoms with E-state index in [0.717, 1.165) is 23.0 Å². The van der Waals surface area contributed by atoms with Crippen LogP contribution in [0.1, 0.15) is 42.4 Å². The molecule has 1 aromatic carbocycles. The van der Waals surface area contributed by atoms with E-state index in [2.05, 4.69) is 28.2 Å². The zero-order chi connectivity index (χ0) is 15.4. The minimum atomic E-state index is -0.106. The van der Waals surface area contributed by atoms with Gasteiger partial charge in [0.15, 0.2) is 0 Å². The number of aryl methyl sites for hydroxylation is 1. The van der Waals surface area contributed by atoms with Crippen molar-refractivity contribution in [1.82, 2.24) is 9.88 Å². The molecular formula is C16H18BrClN2O. The normalized spacial score (nSPS) is 12.2. The van der Waals surface area contributed by atoms with E-state index in [-0.39, 0.29) is 11.9 Å². The maximum Gasteiger partial charge on any atom is 0.268 e. The number of hydrogen-bond donors (Lipinski definition) is 1. The molecule has 1 N–H and O–H groups in total. The van der Waals surface area contributed by atoms with Gasteiger partial charge in [-0.05, 0) is 37.1 Å². The second-order valence-corrected chi connectivity index (χ2v) is 6.34. The number of aromatic nitrogens is 1. The van der Waals surface area contributed by atoms with Crippen molar-refractivity contribution in [1.29, 1.82) is 0 Å². The Morgan fingerprint density at radius 3 is 2.67 bits per heavy atom. The van der Waals surface area contributed by atoms with Gasteiger partial charge in [-0.25, -0.2) is 0 Å². The quantitative estimate of drug-likeness (QED) is 0.806. The van der Waals surface area contributed by atoms with Crippen molar-refractivity contribution in [2.75, 3.05) is 0 Å². The Hall–Kier alpha value is -1.26. The average molecular weight is 370 g/mol. The van der Waals surface area contributed by atoms with Crippen LogP contribution in [-0.4, -0.2) is 10.5 Å². The van der Waals surface area contributed by atoms with Crippen LogP contribution in [0.2, 0.25) is 5.02 Å². The zero-order valence-corrected chi connectivity index (χ0v) is 14.4. The van der Waals surface area contributed by atoms with Gasteiger partial charge in [-0.1, -0.05) is 46.6 Å². The summed E-state index contributed by atoms with van der Waals surface area (Å²) in [5.41, 5.74) is 1.66. The summed E-state index contributed by atoms with van der Waals surface area (Å²) in [5.74, 6) is -0.106. The van der Waals surface area contributed by atoms with E-state index < -0.39 is 0 Å². The molecular weight excluding hydrogens is 352 g/mol. The van der Waals surface area contributed by atoms with E-state index in [9.17, 15) is 4.79 Å². The van der Waals surface area contributed by atoms with Gasteiger partial charge in [0.05, 0.1) is 11.1 Å². The Balaban J connectivity index is 2.12. The molecule has 1 amide bonds. The molecule has 1 atom stereocenters. The topological polar surface area (TPSA) is 34.0 Å². The Kier molecular flexibility index (Phi) is 5.48. The van der Waals surface area contributed by atoms with Crippen LogP contribution in [-0.2, 0) is 6.54 Å².